The van der Waals surface area contributed by atoms with Crippen LogP contribution in [0.2, 0.25) is 0 Å². The van der Waals surface area contributed by atoms with Gasteiger partial charge in [-0.2, -0.15) is 0 Å². The van der Waals surface area contributed by atoms with Gasteiger partial charge < -0.3 is 10.6 Å². The van der Waals surface area contributed by atoms with Gasteiger partial charge in [0.1, 0.15) is 5.82 Å². The number of nitrogens with one attached hydrogen (secondary N) is 2. The van der Waals surface area contributed by atoms with Crippen LogP contribution >= 0.6 is 38.6 Å². The highest BCUT2D eigenvalue weighted by Crippen LogP contribution is 2.32. The normalized spacial score (nSPS) is 10.5. The number of amides is 2. The van der Waals surface area contributed by atoms with Gasteiger partial charge in [-0.1, -0.05) is 12.1 Å². The Labute approximate surface area is 159 Å². The molecular weight excluding hydrogens is 429 g/mol. The average molecular weight is 440 g/mol. The molecule has 2 amide bonds. The SMILES string of the molecule is O=C(CNC(=O)c1ccccc1F)Nc1nc(-c2ccc(Br)s2)cs1. The van der Waals surface area contributed by atoms with Crippen molar-refractivity contribution in [2.45, 2.75) is 0 Å². The number of halogens is 2. The first kappa shape index (κ1) is 17.7. The smallest absolute Gasteiger partial charge is 0.254 e. The van der Waals surface area contributed by atoms with Crippen molar-refractivity contribution in [3.63, 3.8) is 0 Å². The number of aromatic nitrogens is 1. The summed E-state index contributed by atoms with van der Waals surface area (Å²) in [5, 5.41) is 7.27. The summed E-state index contributed by atoms with van der Waals surface area (Å²) in [6.45, 7) is -0.271. The van der Waals surface area contributed by atoms with Crippen LogP contribution in [-0.4, -0.2) is 23.3 Å². The van der Waals surface area contributed by atoms with Gasteiger partial charge in [-0.15, -0.1) is 22.7 Å². The fourth-order valence-corrected chi connectivity index (χ4v) is 4.11. The van der Waals surface area contributed by atoms with Crippen LogP contribution in [0.15, 0.2) is 45.6 Å². The molecule has 2 aromatic heterocycles. The zero-order valence-corrected chi connectivity index (χ0v) is 15.8. The molecule has 3 rings (SSSR count). The first-order valence-corrected chi connectivity index (χ1v) is 9.55. The molecule has 0 radical (unpaired) electrons. The first-order valence-electron chi connectivity index (χ1n) is 7.07. The molecule has 3 aromatic rings. The highest BCUT2D eigenvalue weighted by atomic mass is 79.9. The molecule has 128 valence electrons. The summed E-state index contributed by atoms with van der Waals surface area (Å²) in [5.41, 5.74) is 0.668. The Morgan fingerprint density at radius 1 is 1.20 bits per heavy atom. The quantitative estimate of drug-likeness (QED) is 0.627. The van der Waals surface area contributed by atoms with Gasteiger partial charge in [-0.05, 0) is 40.2 Å². The molecule has 0 unspecified atom stereocenters. The minimum Gasteiger partial charge on any atom is -0.343 e. The van der Waals surface area contributed by atoms with Crippen molar-refractivity contribution in [1.82, 2.24) is 10.3 Å². The van der Waals surface area contributed by atoms with Gasteiger partial charge in [0.25, 0.3) is 5.91 Å². The van der Waals surface area contributed by atoms with E-state index in [2.05, 4.69) is 31.5 Å². The number of anilines is 1. The molecule has 0 aliphatic carbocycles. The summed E-state index contributed by atoms with van der Waals surface area (Å²) < 4.78 is 14.5. The van der Waals surface area contributed by atoms with Crippen molar-refractivity contribution in [1.29, 1.82) is 0 Å². The van der Waals surface area contributed by atoms with E-state index in [-0.39, 0.29) is 12.1 Å². The van der Waals surface area contributed by atoms with Crippen LogP contribution in [0.1, 0.15) is 10.4 Å². The molecule has 0 atom stereocenters. The van der Waals surface area contributed by atoms with Gasteiger partial charge >= 0.3 is 0 Å². The fraction of sp³-hybridized carbons (Fsp3) is 0.0625. The van der Waals surface area contributed by atoms with Crippen molar-refractivity contribution in [3.05, 3.63) is 56.9 Å². The van der Waals surface area contributed by atoms with Crippen molar-refractivity contribution in [2.24, 2.45) is 0 Å². The second-order valence-corrected chi connectivity index (χ2v) is 8.17. The van der Waals surface area contributed by atoms with Crippen LogP contribution in [0.3, 0.4) is 0 Å². The summed E-state index contributed by atoms with van der Waals surface area (Å²) in [6.07, 6.45) is 0. The molecule has 2 heterocycles. The van der Waals surface area contributed by atoms with E-state index in [4.69, 9.17) is 0 Å². The number of nitrogens with zero attached hydrogens (tertiary/aromatic N) is 1. The van der Waals surface area contributed by atoms with Crippen molar-refractivity contribution in [2.75, 3.05) is 11.9 Å². The minimum atomic E-state index is -0.642. The molecule has 0 aliphatic heterocycles. The van der Waals surface area contributed by atoms with Crippen molar-refractivity contribution in [3.8, 4) is 10.6 Å². The lowest BCUT2D eigenvalue weighted by atomic mass is 10.2. The Kier molecular flexibility index (Phi) is 5.57. The number of thiazole rings is 1. The maximum Gasteiger partial charge on any atom is 0.254 e. The number of thiophene rings is 1. The molecule has 1 aromatic carbocycles. The summed E-state index contributed by atoms with van der Waals surface area (Å²) in [6, 6.07) is 9.45. The van der Waals surface area contributed by atoms with Crippen LogP contribution in [0, 0.1) is 5.82 Å². The molecule has 0 fully saturated rings. The van der Waals surface area contributed by atoms with Gasteiger partial charge in [-0.25, -0.2) is 9.37 Å². The lowest BCUT2D eigenvalue weighted by Crippen LogP contribution is -2.33. The number of carbonyl (C=O) groups excluding carboxylic acids is 2. The number of carbonyl (C=O) groups is 2. The van der Waals surface area contributed by atoms with Gasteiger partial charge in [-0.3, -0.25) is 9.59 Å². The van der Waals surface area contributed by atoms with E-state index >= 15 is 0 Å². The Bertz CT molecular complexity index is 926. The Morgan fingerprint density at radius 3 is 2.72 bits per heavy atom. The van der Waals surface area contributed by atoms with E-state index in [0.717, 1.165) is 14.4 Å². The van der Waals surface area contributed by atoms with E-state index < -0.39 is 17.6 Å². The molecule has 2 N–H and O–H groups in total. The lowest BCUT2D eigenvalue weighted by Gasteiger charge is -2.05. The van der Waals surface area contributed by atoms with Gasteiger partial charge in [0.15, 0.2) is 5.13 Å². The molecular formula is C16H11BrFN3O2S2. The van der Waals surface area contributed by atoms with Crippen LogP contribution in [0.4, 0.5) is 9.52 Å². The number of benzene rings is 1. The van der Waals surface area contributed by atoms with Crippen LogP contribution in [0.25, 0.3) is 10.6 Å². The largest absolute Gasteiger partial charge is 0.343 e. The van der Waals surface area contributed by atoms with E-state index in [1.165, 1.54) is 29.5 Å². The zero-order valence-electron chi connectivity index (χ0n) is 12.6. The number of hydrogen-bond donors (Lipinski definition) is 2. The first-order chi connectivity index (χ1) is 12.0. The van der Waals surface area contributed by atoms with Crippen molar-refractivity contribution >= 4 is 55.5 Å². The molecule has 9 heteroatoms. The van der Waals surface area contributed by atoms with Crippen molar-refractivity contribution < 1.29 is 14.0 Å². The third-order valence-electron chi connectivity index (χ3n) is 3.10. The van der Waals surface area contributed by atoms with Gasteiger partial charge in [0.05, 0.1) is 26.5 Å². The maximum absolute atomic E-state index is 13.5. The molecule has 0 spiro atoms. The predicted molar refractivity (Wildman–Crippen MR) is 100 cm³/mol. The fourth-order valence-electron chi connectivity index (χ4n) is 1.96. The van der Waals surface area contributed by atoms with E-state index in [9.17, 15) is 14.0 Å². The number of rotatable bonds is 5. The molecule has 0 aliphatic rings. The Hall–Kier alpha value is -2.10. The minimum absolute atomic E-state index is 0.102. The topological polar surface area (TPSA) is 71.1 Å². The van der Waals surface area contributed by atoms with Crippen LogP contribution in [-0.2, 0) is 4.79 Å². The molecule has 0 saturated heterocycles. The van der Waals surface area contributed by atoms with E-state index in [0.29, 0.717) is 5.13 Å². The zero-order chi connectivity index (χ0) is 17.8. The summed E-state index contributed by atoms with van der Waals surface area (Å²) in [4.78, 5) is 29.1. The Morgan fingerprint density at radius 2 is 2.00 bits per heavy atom. The summed E-state index contributed by atoms with van der Waals surface area (Å²) >= 11 is 6.22. The molecule has 5 nitrogen and oxygen atoms in total. The highest BCUT2D eigenvalue weighted by Gasteiger charge is 2.13. The Balaban J connectivity index is 1.55. The average Bonchev–Trinajstić information content (AvgIpc) is 3.22. The van der Waals surface area contributed by atoms with Gasteiger partial charge in [0, 0.05) is 5.38 Å². The molecule has 0 bridgehead atoms. The summed E-state index contributed by atoms with van der Waals surface area (Å²) in [5.74, 6) is -1.71. The van der Waals surface area contributed by atoms with Gasteiger partial charge in [0.2, 0.25) is 5.91 Å². The second kappa shape index (κ2) is 7.85. The second-order valence-electron chi connectivity index (χ2n) is 4.85. The predicted octanol–water partition coefficient (Wildman–Crippen LogP) is 4.14. The lowest BCUT2D eigenvalue weighted by molar-refractivity contribution is -0.115. The third-order valence-corrected chi connectivity index (χ3v) is 5.51. The van der Waals surface area contributed by atoms with E-state index in [1.54, 1.807) is 17.4 Å². The monoisotopic (exact) mass is 439 g/mol. The van der Waals surface area contributed by atoms with Crippen LogP contribution in [0.5, 0.6) is 0 Å². The molecule has 0 saturated carbocycles. The highest BCUT2D eigenvalue weighted by molar-refractivity contribution is 9.11. The molecule has 25 heavy (non-hydrogen) atoms. The van der Waals surface area contributed by atoms with Crippen LogP contribution < -0.4 is 10.6 Å². The summed E-state index contributed by atoms with van der Waals surface area (Å²) in [7, 11) is 0. The third kappa shape index (κ3) is 4.50. The van der Waals surface area contributed by atoms with E-state index in [1.807, 2.05) is 17.5 Å². The maximum atomic E-state index is 13.5. The standard InChI is InChI=1S/C16H11BrFN3O2S2/c17-13-6-5-12(25-13)11-8-24-16(20-11)21-14(22)7-19-15(23)9-3-1-2-4-10(9)18/h1-6,8H,7H2,(H,19,23)(H,20,21,22). The number of hydrogen-bond acceptors (Lipinski definition) is 5.